The fraction of sp³-hybridized carbons (Fsp3) is 0.562. The van der Waals surface area contributed by atoms with Gasteiger partial charge in [0.05, 0.1) is 13.0 Å². The van der Waals surface area contributed by atoms with Gasteiger partial charge >= 0.3 is 5.97 Å². The molecule has 20 heavy (non-hydrogen) atoms. The Morgan fingerprint density at radius 2 is 2.10 bits per heavy atom. The molecule has 4 nitrogen and oxygen atoms in total. The van der Waals surface area contributed by atoms with E-state index in [0.717, 1.165) is 13.1 Å². The van der Waals surface area contributed by atoms with Gasteiger partial charge in [-0.3, -0.25) is 9.69 Å². The summed E-state index contributed by atoms with van der Waals surface area (Å²) in [6.45, 7) is 4.47. The summed E-state index contributed by atoms with van der Waals surface area (Å²) in [4.78, 5) is 14.2. The van der Waals surface area contributed by atoms with E-state index in [1.165, 1.54) is 12.7 Å². The lowest BCUT2D eigenvalue weighted by Crippen LogP contribution is -2.29. The van der Waals surface area contributed by atoms with Crippen molar-refractivity contribution >= 4 is 5.97 Å². The average molecular weight is 277 g/mol. The summed E-state index contributed by atoms with van der Waals surface area (Å²) in [7, 11) is 1.43. The minimum Gasteiger partial charge on any atom is -0.469 e. The molecule has 1 saturated heterocycles. The van der Waals surface area contributed by atoms with Gasteiger partial charge in [-0.15, -0.1) is 0 Å². The summed E-state index contributed by atoms with van der Waals surface area (Å²) in [6, 6.07) is 10.2. The summed E-state index contributed by atoms with van der Waals surface area (Å²) in [5, 5.41) is 9.37. The molecule has 1 N–H and O–H groups in total. The van der Waals surface area contributed by atoms with Crippen LogP contribution in [0.1, 0.15) is 12.5 Å². The molecule has 2 rings (SSSR count). The SMILES string of the molecule is COC(=O)C1CN(Cc2ccccc2)CC1[C@H](C)CO. The van der Waals surface area contributed by atoms with Crippen molar-refractivity contribution in [3.63, 3.8) is 0 Å². The number of aliphatic hydroxyl groups excluding tert-OH is 1. The maximum atomic E-state index is 11.9. The topological polar surface area (TPSA) is 49.8 Å². The van der Waals surface area contributed by atoms with E-state index in [4.69, 9.17) is 4.74 Å². The fourth-order valence-electron chi connectivity index (χ4n) is 3.00. The van der Waals surface area contributed by atoms with Crippen molar-refractivity contribution in [1.82, 2.24) is 4.90 Å². The van der Waals surface area contributed by atoms with Gasteiger partial charge in [-0.25, -0.2) is 0 Å². The largest absolute Gasteiger partial charge is 0.469 e. The van der Waals surface area contributed by atoms with Crippen molar-refractivity contribution in [1.29, 1.82) is 0 Å². The van der Waals surface area contributed by atoms with Crippen LogP contribution in [-0.4, -0.2) is 42.8 Å². The molecule has 0 spiro atoms. The highest BCUT2D eigenvalue weighted by Crippen LogP contribution is 2.31. The predicted octanol–water partition coefficient (Wildman–Crippen LogP) is 1.54. The molecule has 0 bridgehead atoms. The van der Waals surface area contributed by atoms with Crippen LogP contribution in [0.25, 0.3) is 0 Å². The minimum atomic E-state index is -0.161. The first-order chi connectivity index (χ1) is 9.65. The maximum Gasteiger partial charge on any atom is 0.310 e. The predicted molar refractivity (Wildman–Crippen MR) is 77.0 cm³/mol. The van der Waals surface area contributed by atoms with Crippen LogP contribution in [0.2, 0.25) is 0 Å². The minimum absolute atomic E-state index is 0.108. The second-order valence-corrected chi connectivity index (χ2v) is 5.63. The molecule has 1 heterocycles. The zero-order chi connectivity index (χ0) is 14.5. The van der Waals surface area contributed by atoms with Gasteiger partial charge in [-0.05, 0) is 17.4 Å². The second-order valence-electron chi connectivity index (χ2n) is 5.63. The van der Waals surface area contributed by atoms with Gasteiger partial charge in [0.1, 0.15) is 0 Å². The molecule has 1 fully saturated rings. The highest BCUT2D eigenvalue weighted by Gasteiger charge is 2.40. The van der Waals surface area contributed by atoms with Crippen molar-refractivity contribution in [3.05, 3.63) is 35.9 Å². The number of aliphatic hydroxyl groups is 1. The number of hydrogen-bond acceptors (Lipinski definition) is 4. The number of nitrogens with zero attached hydrogens (tertiary/aromatic N) is 1. The van der Waals surface area contributed by atoms with E-state index in [0.29, 0.717) is 6.54 Å². The molecular formula is C16H23NO3. The number of hydrogen-bond donors (Lipinski definition) is 1. The van der Waals surface area contributed by atoms with Crippen molar-refractivity contribution in [2.45, 2.75) is 13.5 Å². The number of rotatable bonds is 5. The molecule has 2 unspecified atom stereocenters. The Labute approximate surface area is 120 Å². The third kappa shape index (κ3) is 3.38. The van der Waals surface area contributed by atoms with Gasteiger partial charge < -0.3 is 9.84 Å². The van der Waals surface area contributed by atoms with Crippen molar-refractivity contribution in [2.24, 2.45) is 17.8 Å². The molecule has 0 aliphatic carbocycles. The molecule has 110 valence electrons. The molecule has 4 heteroatoms. The first-order valence-electron chi connectivity index (χ1n) is 7.10. The zero-order valence-corrected chi connectivity index (χ0v) is 12.2. The van der Waals surface area contributed by atoms with Gasteiger partial charge in [-0.1, -0.05) is 37.3 Å². The van der Waals surface area contributed by atoms with E-state index in [9.17, 15) is 9.90 Å². The highest BCUT2D eigenvalue weighted by molar-refractivity contribution is 5.73. The second kappa shape index (κ2) is 6.86. The molecule has 1 aliphatic heterocycles. The molecular weight excluding hydrogens is 254 g/mol. The van der Waals surface area contributed by atoms with E-state index in [2.05, 4.69) is 17.0 Å². The lowest BCUT2D eigenvalue weighted by molar-refractivity contribution is -0.146. The number of benzene rings is 1. The Morgan fingerprint density at radius 3 is 2.70 bits per heavy atom. The lowest BCUT2D eigenvalue weighted by Gasteiger charge is -2.21. The number of methoxy groups -OCH3 is 1. The van der Waals surface area contributed by atoms with Gasteiger partial charge in [0.2, 0.25) is 0 Å². The van der Waals surface area contributed by atoms with Crippen LogP contribution in [0.4, 0.5) is 0 Å². The summed E-state index contributed by atoms with van der Waals surface area (Å²) in [5.74, 6) is -0.0206. The highest BCUT2D eigenvalue weighted by atomic mass is 16.5. The maximum absolute atomic E-state index is 11.9. The van der Waals surface area contributed by atoms with Crippen molar-refractivity contribution < 1.29 is 14.6 Å². The van der Waals surface area contributed by atoms with Crippen molar-refractivity contribution in [3.8, 4) is 0 Å². The first kappa shape index (κ1) is 15.0. The normalized spacial score (nSPS) is 24.6. The Hall–Kier alpha value is -1.39. The Morgan fingerprint density at radius 1 is 1.40 bits per heavy atom. The monoisotopic (exact) mass is 277 g/mol. The Kier molecular flexibility index (Phi) is 5.15. The molecule has 1 aromatic rings. The standard InChI is InChI=1S/C16H23NO3/c1-12(11-18)14-9-17(10-15(14)16(19)20-2)8-13-6-4-3-5-7-13/h3-7,12,14-15,18H,8-11H2,1-2H3/t12-,14?,15?/m1/s1. The van der Waals surface area contributed by atoms with Gasteiger partial charge in [0.25, 0.3) is 0 Å². The summed E-state index contributed by atoms with van der Waals surface area (Å²) in [6.07, 6.45) is 0. The van der Waals surface area contributed by atoms with E-state index in [-0.39, 0.29) is 30.3 Å². The van der Waals surface area contributed by atoms with Crippen LogP contribution in [0.5, 0.6) is 0 Å². The number of esters is 1. The fourth-order valence-corrected chi connectivity index (χ4v) is 3.00. The molecule has 0 radical (unpaired) electrons. The van der Waals surface area contributed by atoms with E-state index in [1.54, 1.807) is 0 Å². The number of ether oxygens (including phenoxy) is 1. The van der Waals surface area contributed by atoms with Crippen molar-refractivity contribution in [2.75, 3.05) is 26.8 Å². The molecule has 3 atom stereocenters. The molecule has 0 amide bonds. The van der Waals surface area contributed by atoms with Crippen LogP contribution in [0.15, 0.2) is 30.3 Å². The smallest absolute Gasteiger partial charge is 0.310 e. The van der Waals surface area contributed by atoms with Crippen LogP contribution in [-0.2, 0) is 16.1 Å². The lowest BCUT2D eigenvalue weighted by atomic mass is 9.85. The van der Waals surface area contributed by atoms with Gasteiger partial charge in [0, 0.05) is 26.2 Å². The van der Waals surface area contributed by atoms with Gasteiger partial charge in [0.15, 0.2) is 0 Å². The molecule has 0 saturated carbocycles. The first-order valence-corrected chi connectivity index (χ1v) is 7.10. The van der Waals surface area contributed by atoms with Crippen LogP contribution in [0.3, 0.4) is 0 Å². The van der Waals surface area contributed by atoms with E-state index in [1.807, 2.05) is 25.1 Å². The van der Waals surface area contributed by atoms with E-state index < -0.39 is 0 Å². The third-order valence-corrected chi connectivity index (χ3v) is 4.21. The zero-order valence-electron chi connectivity index (χ0n) is 12.2. The molecule has 1 aromatic carbocycles. The van der Waals surface area contributed by atoms with E-state index >= 15 is 0 Å². The third-order valence-electron chi connectivity index (χ3n) is 4.21. The number of carbonyl (C=O) groups excluding carboxylic acids is 1. The molecule has 0 aromatic heterocycles. The van der Waals surface area contributed by atoms with Crippen LogP contribution < -0.4 is 0 Å². The summed E-state index contributed by atoms with van der Waals surface area (Å²) < 4.78 is 4.91. The average Bonchev–Trinajstić information content (AvgIpc) is 2.90. The van der Waals surface area contributed by atoms with Crippen LogP contribution >= 0.6 is 0 Å². The quantitative estimate of drug-likeness (QED) is 0.829. The summed E-state index contributed by atoms with van der Waals surface area (Å²) >= 11 is 0. The van der Waals surface area contributed by atoms with Crippen LogP contribution in [0, 0.1) is 17.8 Å². The number of likely N-dealkylation sites (tertiary alicyclic amines) is 1. The number of carbonyl (C=O) groups is 1. The molecule has 1 aliphatic rings. The summed E-state index contributed by atoms with van der Waals surface area (Å²) in [5.41, 5.74) is 1.24. The Bertz CT molecular complexity index is 435. The Balaban J connectivity index is 2.05. The van der Waals surface area contributed by atoms with Gasteiger partial charge in [-0.2, -0.15) is 0 Å².